The first-order valence-corrected chi connectivity index (χ1v) is 4.85. The van der Waals surface area contributed by atoms with Crippen LogP contribution in [0, 0.1) is 5.41 Å². The number of hydrogen-bond donors (Lipinski definition) is 1. The monoisotopic (exact) mass is 208 g/mol. The molecule has 0 heterocycles. The maximum absolute atomic E-state index is 11.5. The summed E-state index contributed by atoms with van der Waals surface area (Å²) in [7, 11) is 1.33. The van der Waals surface area contributed by atoms with Crippen molar-refractivity contribution in [2.45, 2.75) is 13.3 Å². The molecule has 0 saturated heterocycles. The smallest absolute Gasteiger partial charge is 0.314 e. The Morgan fingerprint density at radius 2 is 2.00 bits per heavy atom. The minimum Gasteiger partial charge on any atom is -0.469 e. The number of rotatable bonds is 4. The van der Waals surface area contributed by atoms with Crippen LogP contribution >= 0.6 is 0 Å². The third-order valence-electron chi connectivity index (χ3n) is 2.46. The SMILES string of the molecule is COC(=O)C(C)(CO)Cc1ccccc1. The van der Waals surface area contributed by atoms with E-state index in [0.29, 0.717) is 6.42 Å². The number of ether oxygens (including phenoxy) is 1. The number of esters is 1. The maximum Gasteiger partial charge on any atom is 0.314 e. The van der Waals surface area contributed by atoms with Crippen molar-refractivity contribution in [1.29, 1.82) is 0 Å². The highest BCUT2D eigenvalue weighted by atomic mass is 16.5. The lowest BCUT2D eigenvalue weighted by molar-refractivity contribution is -0.154. The van der Waals surface area contributed by atoms with E-state index in [2.05, 4.69) is 4.74 Å². The van der Waals surface area contributed by atoms with Crippen molar-refractivity contribution in [3.05, 3.63) is 35.9 Å². The first-order valence-electron chi connectivity index (χ1n) is 4.85. The van der Waals surface area contributed by atoms with Gasteiger partial charge in [0.15, 0.2) is 0 Å². The topological polar surface area (TPSA) is 46.5 Å². The van der Waals surface area contributed by atoms with Gasteiger partial charge in [0.05, 0.1) is 19.1 Å². The lowest BCUT2D eigenvalue weighted by atomic mass is 9.84. The lowest BCUT2D eigenvalue weighted by Crippen LogP contribution is -2.35. The minimum absolute atomic E-state index is 0.214. The number of aliphatic hydroxyl groups is 1. The van der Waals surface area contributed by atoms with Crippen LogP contribution in [0.25, 0.3) is 0 Å². The van der Waals surface area contributed by atoms with Crippen molar-refractivity contribution in [3.8, 4) is 0 Å². The van der Waals surface area contributed by atoms with Crippen LogP contribution in [0.2, 0.25) is 0 Å². The molecule has 1 aromatic rings. The van der Waals surface area contributed by atoms with Crippen molar-refractivity contribution in [1.82, 2.24) is 0 Å². The standard InChI is InChI=1S/C12H16O3/c1-12(9-13,11(14)15-2)8-10-6-4-3-5-7-10/h3-7,13H,8-9H2,1-2H3. The van der Waals surface area contributed by atoms with Gasteiger partial charge in [0.2, 0.25) is 0 Å². The average Bonchev–Trinajstić information content (AvgIpc) is 2.29. The third-order valence-corrected chi connectivity index (χ3v) is 2.46. The summed E-state index contributed by atoms with van der Waals surface area (Å²) in [5.41, 5.74) is 0.162. The van der Waals surface area contributed by atoms with Crippen LogP contribution in [0.15, 0.2) is 30.3 Å². The maximum atomic E-state index is 11.5. The molecule has 1 aromatic carbocycles. The number of benzene rings is 1. The van der Waals surface area contributed by atoms with Gasteiger partial charge in [-0.15, -0.1) is 0 Å². The molecule has 82 valence electrons. The Morgan fingerprint density at radius 1 is 1.40 bits per heavy atom. The molecule has 0 aromatic heterocycles. The molecule has 15 heavy (non-hydrogen) atoms. The van der Waals surface area contributed by atoms with Crippen molar-refractivity contribution >= 4 is 5.97 Å². The van der Waals surface area contributed by atoms with Gasteiger partial charge in [-0.25, -0.2) is 0 Å². The Labute approximate surface area is 89.7 Å². The highest BCUT2D eigenvalue weighted by molar-refractivity contribution is 5.76. The summed E-state index contributed by atoms with van der Waals surface area (Å²) in [6, 6.07) is 9.58. The van der Waals surface area contributed by atoms with Crippen LogP contribution in [-0.2, 0) is 16.0 Å². The van der Waals surface area contributed by atoms with Crippen LogP contribution in [-0.4, -0.2) is 24.8 Å². The molecular weight excluding hydrogens is 192 g/mol. The molecule has 0 aliphatic rings. The van der Waals surface area contributed by atoms with Crippen LogP contribution < -0.4 is 0 Å². The Kier molecular flexibility index (Phi) is 3.86. The molecule has 1 N–H and O–H groups in total. The van der Waals surface area contributed by atoms with E-state index in [9.17, 15) is 9.90 Å². The molecule has 1 rings (SSSR count). The normalized spacial score (nSPS) is 14.3. The van der Waals surface area contributed by atoms with Crippen LogP contribution in [0.5, 0.6) is 0 Å². The summed E-state index contributed by atoms with van der Waals surface area (Å²) in [6.45, 7) is 1.49. The first kappa shape index (κ1) is 11.7. The van der Waals surface area contributed by atoms with Crippen LogP contribution in [0.1, 0.15) is 12.5 Å². The summed E-state index contributed by atoms with van der Waals surface area (Å²) >= 11 is 0. The van der Waals surface area contributed by atoms with E-state index in [-0.39, 0.29) is 12.6 Å². The second kappa shape index (κ2) is 4.94. The van der Waals surface area contributed by atoms with E-state index in [4.69, 9.17) is 0 Å². The van der Waals surface area contributed by atoms with Gasteiger partial charge in [-0.3, -0.25) is 4.79 Å². The number of hydrogen-bond acceptors (Lipinski definition) is 3. The lowest BCUT2D eigenvalue weighted by Gasteiger charge is -2.23. The Morgan fingerprint density at radius 3 is 2.47 bits per heavy atom. The van der Waals surface area contributed by atoms with Gasteiger partial charge >= 0.3 is 5.97 Å². The predicted octanol–water partition coefficient (Wildman–Crippen LogP) is 1.40. The van der Waals surface area contributed by atoms with E-state index in [1.165, 1.54) is 7.11 Å². The molecule has 3 heteroatoms. The zero-order valence-corrected chi connectivity index (χ0v) is 9.06. The molecule has 0 saturated carbocycles. The summed E-state index contributed by atoms with van der Waals surface area (Å²) in [6.07, 6.45) is 0.483. The molecule has 0 amide bonds. The van der Waals surface area contributed by atoms with Gasteiger partial charge in [-0.1, -0.05) is 30.3 Å². The number of methoxy groups -OCH3 is 1. The minimum atomic E-state index is -0.851. The van der Waals surface area contributed by atoms with Crippen molar-refractivity contribution < 1.29 is 14.6 Å². The fourth-order valence-corrected chi connectivity index (χ4v) is 1.49. The van der Waals surface area contributed by atoms with Crippen LogP contribution in [0.4, 0.5) is 0 Å². The number of carbonyl (C=O) groups excluding carboxylic acids is 1. The van der Waals surface area contributed by atoms with Gasteiger partial charge in [-0.05, 0) is 18.9 Å². The Hall–Kier alpha value is -1.35. The summed E-state index contributed by atoms with van der Waals surface area (Å²) < 4.78 is 4.68. The van der Waals surface area contributed by atoms with E-state index in [1.54, 1.807) is 6.92 Å². The molecule has 0 spiro atoms. The average molecular weight is 208 g/mol. The zero-order chi connectivity index (χ0) is 11.3. The molecule has 3 nitrogen and oxygen atoms in total. The molecule has 0 bridgehead atoms. The number of aliphatic hydroxyl groups excluding tert-OH is 1. The Balaban J connectivity index is 2.81. The van der Waals surface area contributed by atoms with Gasteiger partial charge in [0.1, 0.15) is 0 Å². The molecular formula is C12H16O3. The van der Waals surface area contributed by atoms with E-state index in [0.717, 1.165) is 5.56 Å². The Bertz CT molecular complexity index is 321. The van der Waals surface area contributed by atoms with E-state index >= 15 is 0 Å². The molecule has 1 unspecified atom stereocenters. The quantitative estimate of drug-likeness (QED) is 0.761. The molecule has 0 radical (unpaired) electrons. The van der Waals surface area contributed by atoms with E-state index < -0.39 is 5.41 Å². The van der Waals surface area contributed by atoms with Gasteiger partial charge < -0.3 is 9.84 Å². The first-order chi connectivity index (χ1) is 7.12. The molecule has 0 fully saturated rings. The second-order valence-electron chi connectivity index (χ2n) is 3.87. The third kappa shape index (κ3) is 2.80. The highest BCUT2D eigenvalue weighted by Gasteiger charge is 2.33. The van der Waals surface area contributed by atoms with E-state index in [1.807, 2.05) is 30.3 Å². The van der Waals surface area contributed by atoms with Crippen LogP contribution in [0.3, 0.4) is 0 Å². The summed E-state index contributed by atoms with van der Waals surface area (Å²) in [5.74, 6) is -0.381. The van der Waals surface area contributed by atoms with Gasteiger partial charge in [0.25, 0.3) is 0 Å². The molecule has 1 atom stereocenters. The second-order valence-corrected chi connectivity index (χ2v) is 3.87. The van der Waals surface area contributed by atoms with Crippen molar-refractivity contribution in [3.63, 3.8) is 0 Å². The summed E-state index contributed by atoms with van der Waals surface area (Å²) in [5, 5.41) is 9.25. The molecule has 0 aliphatic carbocycles. The summed E-state index contributed by atoms with van der Waals surface area (Å²) in [4.78, 5) is 11.5. The van der Waals surface area contributed by atoms with Gasteiger partial charge in [0, 0.05) is 0 Å². The van der Waals surface area contributed by atoms with Crippen molar-refractivity contribution in [2.24, 2.45) is 5.41 Å². The number of carbonyl (C=O) groups is 1. The predicted molar refractivity (Wildman–Crippen MR) is 57.4 cm³/mol. The molecule has 0 aliphatic heterocycles. The van der Waals surface area contributed by atoms with Crippen molar-refractivity contribution in [2.75, 3.05) is 13.7 Å². The zero-order valence-electron chi connectivity index (χ0n) is 9.06. The fourth-order valence-electron chi connectivity index (χ4n) is 1.49. The van der Waals surface area contributed by atoms with Gasteiger partial charge in [-0.2, -0.15) is 0 Å². The fraction of sp³-hybridized carbons (Fsp3) is 0.417. The largest absolute Gasteiger partial charge is 0.469 e. The highest BCUT2D eigenvalue weighted by Crippen LogP contribution is 2.23.